The summed E-state index contributed by atoms with van der Waals surface area (Å²) >= 11 is 0. The Kier molecular flexibility index (Phi) is 5.21. The summed E-state index contributed by atoms with van der Waals surface area (Å²) in [6.07, 6.45) is 1.75. The van der Waals surface area contributed by atoms with Crippen LogP contribution in [0.5, 0.6) is 0 Å². The summed E-state index contributed by atoms with van der Waals surface area (Å²) in [5.74, 6) is 1.80. The summed E-state index contributed by atoms with van der Waals surface area (Å²) in [7, 11) is 0. The number of amides is 1. The Balaban J connectivity index is 1.48. The van der Waals surface area contributed by atoms with Crippen molar-refractivity contribution in [1.29, 1.82) is 0 Å². The SMILES string of the molecule is C[C@H]1CN(C(=O)c2ccc(CO)cc2)Cc2nnc(CCc3ccccc3)n21. The van der Waals surface area contributed by atoms with E-state index in [1.54, 1.807) is 24.3 Å². The van der Waals surface area contributed by atoms with E-state index >= 15 is 0 Å². The quantitative estimate of drug-likeness (QED) is 0.743. The number of aliphatic hydroxyl groups is 1. The van der Waals surface area contributed by atoms with Gasteiger partial charge >= 0.3 is 0 Å². The number of carbonyl (C=O) groups excluding carboxylic acids is 1. The molecule has 0 saturated carbocycles. The lowest BCUT2D eigenvalue weighted by molar-refractivity contribution is 0.0679. The number of aliphatic hydroxyl groups excluding tert-OH is 1. The maximum Gasteiger partial charge on any atom is 0.254 e. The molecule has 4 rings (SSSR count). The second kappa shape index (κ2) is 7.94. The summed E-state index contributed by atoms with van der Waals surface area (Å²) in [6, 6.07) is 17.6. The predicted octanol–water partition coefficient (Wildman–Crippen LogP) is 2.77. The fourth-order valence-corrected chi connectivity index (χ4v) is 3.77. The van der Waals surface area contributed by atoms with Crippen LogP contribution in [0.3, 0.4) is 0 Å². The van der Waals surface area contributed by atoms with Crippen molar-refractivity contribution in [3.05, 3.63) is 82.9 Å². The first-order chi connectivity index (χ1) is 13.7. The molecule has 3 aromatic rings. The number of aromatic nitrogens is 3. The molecule has 144 valence electrons. The molecule has 0 radical (unpaired) electrons. The molecule has 1 aromatic heterocycles. The maximum absolute atomic E-state index is 12.9. The van der Waals surface area contributed by atoms with Crippen LogP contribution in [0, 0.1) is 0 Å². The van der Waals surface area contributed by atoms with Gasteiger partial charge in [-0.1, -0.05) is 42.5 Å². The van der Waals surface area contributed by atoms with Crippen LogP contribution < -0.4 is 0 Å². The molecule has 0 saturated heterocycles. The summed E-state index contributed by atoms with van der Waals surface area (Å²) in [6.45, 7) is 3.17. The van der Waals surface area contributed by atoms with Gasteiger partial charge in [0.2, 0.25) is 0 Å². The summed E-state index contributed by atoms with van der Waals surface area (Å²) in [5.41, 5.74) is 2.71. The largest absolute Gasteiger partial charge is 0.392 e. The van der Waals surface area contributed by atoms with Gasteiger partial charge in [-0.25, -0.2) is 0 Å². The normalized spacial score (nSPS) is 16.1. The molecule has 0 aliphatic carbocycles. The Morgan fingerprint density at radius 3 is 2.50 bits per heavy atom. The van der Waals surface area contributed by atoms with Gasteiger partial charge in [-0.3, -0.25) is 4.79 Å². The fourth-order valence-electron chi connectivity index (χ4n) is 3.77. The molecule has 6 nitrogen and oxygen atoms in total. The van der Waals surface area contributed by atoms with Crippen LogP contribution in [0.25, 0.3) is 0 Å². The van der Waals surface area contributed by atoms with Crippen molar-refractivity contribution < 1.29 is 9.90 Å². The van der Waals surface area contributed by atoms with E-state index in [4.69, 9.17) is 5.11 Å². The number of hydrogen-bond donors (Lipinski definition) is 1. The fraction of sp³-hybridized carbons (Fsp3) is 0.318. The third kappa shape index (κ3) is 3.68. The first-order valence-electron chi connectivity index (χ1n) is 9.61. The molecule has 1 aliphatic rings. The van der Waals surface area contributed by atoms with Crippen LogP contribution in [0.15, 0.2) is 54.6 Å². The van der Waals surface area contributed by atoms with E-state index in [0.717, 1.165) is 30.1 Å². The number of carbonyl (C=O) groups is 1. The van der Waals surface area contributed by atoms with Gasteiger partial charge in [-0.15, -0.1) is 10.2 Å². The minimum absolute atomic E-state index is 0.0172. The first-order valence-corrected chi connectivity index (χ1v) is 9.61. The van der Waals surface area contributed by atoms with E-state index in [0.29, 0.717) is 18.7 Å². The predicted molar refractivity (Wildman–Crippen MR) is 106 cm³/mol. The Labute approximate surface area is 164 Å². The minimum Gasteiger partial charge on any atom is -0.392 e. The van der Waals surface area contributed by atoms with Crippen LogP contribution >= 0.6 is 0 Å². The Morgan fingerprint density at radius 1 is 1.04 bits per heavy atom. The lowest BCUT2D eigenvalue weighted by Gasteiger charge is -2.32. The van der Waals surface area contributed by atoms with Gasteiger partial charge in [-0.2, -0.15) is 0 Å². The lowest BCUT2D eigenvalue weighted by Crippen LogP contribution is -2.40. The van der Waals surface area contributed by atoms with E-state index in [1.165, 1.54) is 5.56 Å². The zero-order valence-corrected chi connectivity index (χ0v) is 16.0. The third-order valence-corrected chi connectivity index (χ3v) is 5.25. The van der Waals surface area contributed by atoms with Crippen molar-refractivity contribution in [2.75, 3.05) is 6.54 Å². The number of hydrogen-bond acceptors (Lipinski definition) is 4. The molecule has 0 unspecified atom stereocenters. The van der Waals surface area contributed by atoms with Gasteiger partial charge < -0.3 is 14.6 Å². The Hall–Kier alpha value is -2.99. The standard InChI is InChI=1S/C22H24N4O2/c1-16-13-25(22(28)19-10-7-18(15-27)8-11-19)14-21-24-23-20(26(16)21)12-9-17-5-3-2-4-6-17/h2-8,10-11,16,27H,9,12-15H2,1H3/t16-/m0/s1. The molecule has 0 spiro atoms. The average Bonchev–Trinajstić information content (AvgIpc) is 3.16. The molecule has 0 bridgehead atoms. The molecule has 1 amide bonds. The number of rotatable bonds is 5. The highest BCUT2D eigenvalue weighted by atomic mass is 16.3. The van der Waals surface area contributed by atoms with E-state index in [2.05, 4.69) is 33.8 Å². The number of aryl methyl sites for hydroxylation is 2. The second-order valence-electron chi connectivity index (χ2n) is 7.28. The monoisotopic (exact) mass is 376 g/mol. The van der Waals surface area contributed by atoms with Crippen molar-refractivity contribution >= 4 is 5.91 Å². The maximum atomic E-state index is 12.9. The third-order valence-electron chi connectivity index (χ3n) is 5.25. The van der Waals surface area contributed by atoms with Crippen molar-refractivity contribution in [3.63, 3.8) is 0 Å². The minimum atomic E-state index is -0.0237. The molecule has 0 fully saturated rings. The van der Waals surface area contributed by atoms with Gasteiger partial charge in [0.1, 0.15) is 5.82 Å². The van der Waals surface area contributed by atoms with Crippen LogP contribution in [-0.4, -0.2) is 37.2 Å². The molecular formula is C22H24N4O2. The Bertz CT molecular complexity index is 950. The number of nitrogens with zero attached hydrogens (tertiary/aromatic N) is 4. The summed E-state index contributed by atoms with van der Waals surface area (Å²) in [4.78, 5) is 14.7. The van der Waals surface area contributed by atoms with Gasteiger partial charge in [0.25, 0.3) is 5.91 Å². The van der Waals surface area contributed by atoms with Crippen molar-refractivity contribution in [1.82, 2.24) is 19.7 Å². The molecule has 1 atom stereocenters. The lowest BCUT2D eigenvalue weighted by atomic mass is 10.1. The van der Waals surface area contributed by atoms with Gasteiger partial charge in [0.15, 0.2) is 5.82 Å². The van der Waals surface area contributed by atoms with Crippen molar-refractivity contribution in [2.24, 2.45) is 0 Å². The zero-order chi connectivity index (χ0) is 19.5. The molecule has 1 N–H and O–H groups in total. The van der Waals surface area contributed by atoms with E-state index in [-0.39, 0.29) is 18.6 Å². The molecule has 6 heteroatoms. The van der Waals surface area contributed by atoms with E-state index in [9.17, 15) is 4.79 Å². The van der Waals surface area contributed by atoms with Gasteiger partial charge in [0.05, 0.1) is 19.2 Å². The first kappa shape index (κ1) is 18.4. The highest BCUT2D eigenvalue weighted by molar-refractivity contribution is 5.94. The highest BCUT2D eigenvalue weighted by Gasteiger charge is 2.29. The number of benzene rings is 2. The van der Waals surface area contributed by atoms with Crippen LogP contribution in [0.4, 0.5) is 0 Å². The number of fused-ring (bicyclic) bond motifs is 1. The van der Waals surface area contributed by atoms with E-state index < -0.39 is 0 Å². The molecule has 28 heavy (non-hydrogen) atoms. The van der Waals surface area contributed by atoms with Gasteiger partial charge in [0, 0.05) is 18.5 Å². The van der Waals surface area contributed by atoms with Crippen LogP contribution in [0.1, 0.15) is 46.1 Å². The van der Waals surface area contributed by atoms with Crippen molar-refractivity contribution in [3.8, 4) is 0 Å². The molecule has 2 heterocycles. The molecule has 2 aromatic carbocycles. The van der Waals surface area contributed by atoms with Crippen LogP contribution in [0.2, 0.25) is 0 Å². The van der Waals surface area contributed by atoms with Gasteiger partial charge in [-0.05, 0) is 36.6 Å². The van der Waals surface area contributed by atoms with Crippen LogP contribution in [-0.2, 0) is 26.0 Å². The summed E-state index contributed by atoms with van der Waals surface area (Å²) in [5, 5.41) is 17.9. The second-order valence-corrected chi connectivity index (χ2v) is 7.28. The van der Waals surface area contributed by atoms with Crippen molar-refractivity contribution in [2.45, 2.75) is 39.0 Å². The topological polar surface area (TPSA) is 71.2 Å². The molecular weight excluding hydrogens is 352 g/mol. The molecule has 1 aliphatic heterocycles. The average molecular weight is 376 g/mol. The van der Waals surface area contributed by atoms with E-state index in [1.807, 2.05) is 23.1 Å². The Morgan fingerprint density at radius 2 is 1.79 bits per heavy atom. The zero-order valence-electron chi connectivity index (χ0n) is 16.0. The smallest absolute Gasteiger partial charge is 0.254 e. The highest BCUT2D eigenvalue weighted by Crippen LogP contribution is 2.24. The summed E-state index contributed by atoms with van der Waals surface area (Å²) < 4.78 is 2.18.